The third kappa shape index (κ3) is 3.95. The van der Waals surface area contributed by atoms with Gasteiger partial charge < -0.3 is 15.0 Å². The summed E-state index contributed by atoms with van der Waals surface area (Å²) < 4.78 is 5.73. The Morgan fingerprint density at radius 2 is 2.17 bits per heavy atom. The van der Waals surface area contributed by atoms with E-state index in [-0.39, 0.29) is 0 Å². The van der Waals surface area contributed by atoms with Crippen molar-refractivity contribution in [2.24, 2.45) is 0 Å². The predicted octanol–water partition coefficient (Wildman–Crippen LogP) is 2.32. The van der Waals surface area contributed by atoms with Crippen LogP contribution in [-0.2, 0) is 4.74 Å². The second kappa shape index (κ2) is 6.53. The largest absolute Gasteiger partial charge is 0.374 e. The molecule has 2 atom stereocenters. The Kier molecular flexibility index (Phi) is 5.01. The predicted molar refractivity (Wildman–Crippen MR) is 75.1 cm³/mol. The van der Waals surface area contributed by atoms with Crippen molar-refractivity contribution in [2.75, 3.05) is 33.3 Å². The molecule has 0 radical (unpaired) electrons. The number of nitrogens with one attached hydrogen (secondary N) is 1. The van der Waals surface area contributed by atoms with E-state index < -0.39 is 0 Å². The molecule has 0 amide bonds. The first-order valence-corrected chi connectivity index (χ1v) is 6.82. The number of nitrogens with zero attached hydrogens (tertiary/aromatic N) is 1. The summed E-state index contributed by atoms with van der Waals surface area (Å²) in [5.41, 5.74) is 1.25. The summed E-state index contributed by atoms with van der Waals surface area (Å²) in [6.07, 6.45) is 0.290. The second-order valence-electron chi connectivity index (χ2n) is 4.94. The maximum absolute atomic E-state index is 5.89. The zero-order valence-electron chi connectivity index (χ0n) is 11.0. The van der Waals surface area contributed by atoms with Gasteiger partial charge in [0, 0.05) is 30.7 Å². The Balaban J connectivity index is 1.80. The number of ether oxygens (including phenoxy) is 1. The molecular weight excluding hydrogens is 248 g/mol. The van der Waals surface area contributed by atoms with E-state index in [0.717, 1.165) is 31.3 Å². The summed E-state index contributed by atoms with van der Waals surface area (Å²) in [5, 5.41) is 4.29. The molecule has 1 aromatic rings. The standard InChI is InChI=1S/C14H21ClN2O/c1-11(12-3-5-13(15)6-4-12)16-9-14-10-17(2)7-8-18-14/h3-6,11,14,16H,7-10H2,1-2H3/t11-,14-/m1/s1. The molecular formula is C14H21ClN2O. The number of rotatable bonds is 4. The van der Waals surface area contributed by atoms with Crippen molar-refractivity contribution < 1.29 is 4.74 Å². The maximum atomic E-state index is 5.89. The van der Waals surface area contributed by atoms with Crippen molar-refractivity contribution in [3.8, 4) is 0 Å². The summed E-state index contributed by atoms with van der Waals surface area (Å²) in [6.45, 7) is 5.91. The van der Waals surface area contributed by atoms with Crippen LogP contribution >= 0.6 is 11.6 Å². The van der Waals surface area contributed by atoms with E-state index in [0.29, 0.717) is 12.1 Å². The van der Waals surface area contributed by atoms with E-state index in [4.69, 9.17) is 16.3 Å². The van der Waals surface area contributed by atoms with Crippen molar-refractivity contribution in [2.45, 2.75) is 19.1 Å². The maximum Gasteiger partial charge on any atom is 0.0826 e. The Morgan fingerprint density at radius 3 is 2.83 bits per heavy atom. The number of morpholine rings is 1. The van der Waals surface area contributed by atoms with Gasteiger partial charge in [0.2, 0.25) is 0 Å². The number of halogens is 1. The minimum atomic E-state index is 0.290. The molecule has 1 N–H and O–H groups in total. The highest BCUT2D eigenvalue weighted by Crippen LogP contribution is 2.16. The van der Waals surface area contributed by atoms with Crippen molar-refractivity contribution in [1.29, 1.82) is 0 Å². The SMILES string of the molecule is C[C@@H](NC[C@@H]1CN(C)CCO1)c1ccc(Cl)cc1. The van der Waals surface area contributed by atoms with Crippen molar-refractivity contribution in [1.82, 2.24) is 10.2 Å². The van der Waals surface area contributed by atoms with Crippen LogP contribution in [0.15, 0.2) is 24.3 Å². The molecule has 1 aliphatic rings. The molecule has 1 saturated heterocycles. The van der Waals surface area contributed by atoms with Gasteiger partial charge in [-0.2, -0.15) is 0 Å². The van der Waals surface area contributed by atoms with Gasteiger partial charge in [-0.15, -0.1) is 0 Å². The van der Waals surface area contributed by atoms with Crippen LogP contribution in [0.2, 0.25) is 5.02 Å². The molecule has 1 aliphatic heterocycles. The minimum absolute atomic E-state index is 0.290. The van der Waals surface area contributed by atoms with E-state index in [1.165, 1.54) is 5.56 Å². The van der Waals surface area contributed by atoms with E-state index in [1.807, 2.05) is 12.1 Å². The van der Waals surface area contributed by atoms with E-state index in [1.54, 1.807) is 0 Å². The molecule has 1 heterocycles. The van der Waals surface area contributed by atoms with Gasteiger partial charge in [-0.25, -0.2) is 0 Å². The zero-order chi connectivity index (χ0) is 13.0. The quantitative estimate of drug-likeness (QED) is 0.907. The fraction of sp³-hybridized carbons (Fsp3) is 0.571. The van der Waals surface area contributed by atoms with Crippen molar-refractivity contribution in [3.05, 3.63) is 34.9 Å². The van der Waals surface area contributed by atoms with Gasteiger partial charge in [0.1, 0.15) is 0 Å². The van der Waals surface area contributed by atoms with Crippen LogP contribution < -0.4 is 5.32 Å². The van der Waals surface area contributed by atoms with Gasteiger partial charge in [0.15, 0.2) is 0 Å². The van der Waals surface area contributed by atoms with E-state index in [2.05, 4.69) is 36.3 Å². The molecule has 100 valence electrons. The first kappa shape index (κ1) is 13.8. The lowest BCUT2D eigenvalue weighted by molar-refractivity contribution is -0.0190. The number of benzene rings is 1. The lowest BCUT2D eigenvalue weighted by Crippen LogP contribution is -2.45. The van der Waals surface area contributed by atoms with Gasteiger partial charge >= 0.3 is 0 Å². The van der Waals surface area contributed by atoms with Crippen LogP contribution in [0.4, 0.5) is 0 Å². The first-order valence-electron chi connectivity index (χ1n) is 6.44. The van der Waals surface area contributed by atoms with Crippen LogP contribution in [0, 0.1) is 0 Å². The smallest absolute Gasteiger partial charge is 0.0826 e. The fourth-order valence-electron chi connectivity index (χ4n) is 2.17. The van der Waals surface area contributed by atoms with Gasteiger partial charge in [0.25, 0.3) is 0 Å². The van der Waals surface area contributed by atoms with Gasteiger partial charge in [-0.1, -0.05) is 23.7 Å². The molecule has 0 aromatic heterocycles. The minimum Gasteiger partial charge on any atom is -0.374 e. The average Bonchev–Trinajstić information content (AvgIpc) is 2.37. The Bertz CT molecular complexity index is 369. The van der Waals surface area contributed by atoms with Crippen LogP contribution in [0.3, 0.4) is 0 Å². The van der Waals surface area contributed by atoms with Gasteiger partial charge in [-0.05, 0) is 31.7 Å². The molecule has 1 fully saturated rings. The highest BCUT2D eigenvalue weighted by molar-refractivity contribution is 6.30. The highest BCUT2D eigenvalue weighted by atomic mass is 35.5. The topological polar surface area (TPSA) is 24.5 Å². The summed E-state index contributed by atoms with van der Waals surface area (Å²) in [6, 6.07) is 8.31. The first-order chi connectivity index (χ1) is 8.65. The summed E-state index contributed by atoms with van der Waals surface area (Å²) >= 11 is 5.89. The van der Waals surface area contributed by atoms with Gasteiger partial charge in [-0.3, -0.25) is 0 Å². The molecule has 0 spiro atoms. The summed E-state index contributed by atoms with van der Waals surface area (Å²) in [5.74, 6) is 0. The average molecular weight is 269 g/mol. The lowest BCUT2D eigenvalue weighted by atomic mass is 10.1. The molecule has 3 nitrogen and oxygen atoms in total. The molecule has 2 rings (SSSR count). The Morgan fingerprint density at radius 1 is 1.44 bits per heavy atom. The van der Waals surface area contributed by atoms with Crippen LogP contribution in [0.25, 0.3) is 0 Å². The second-order valence-corrected chi connectivity index (χ2v) is 5.37. The number of hydrogen-bond donors (Lipinski definition) is 1. The van der Waals surface area contributed by atoms with E-state index >= 15 is 0 Å². The highest BCUT2D eigenvalue weighted by Gasteiger charge is 2.18. The Labute approximate surface area is 114 Å². The third-order valence-corrected chi connectivity index (χ3v) is 3.62. The summed E-state index contributed by atoms with van der Waals surface area (Å²) in [4.78, 5) is 2.31. The molecule has 0 aliphatic carbocycles. The zero-order valence-corrected chi connectivity index (χ0v) is 11.8. The van der Waals surface area contributed by atoms with Crippen LogP contribution in [0.1, 0.15) is 18.5 Å². The molecule has 0 unspecified atom stereocenters. The molecule has 4 heteroatoms. The molecule has 1 aromatic carbocycles. The van der Waals surface area contributed by atoms with E-state index in [9.17, 15) is 0 Å². The van der Waals surface area contributed by atoms with Crippen LogP contribution in [0.5, 0.6) is 0 Å². The molecule has 0 bridgehead atoms. The van der Waals surface area contributed by atoms with Gasteiger partial charge in [0.05, 0.1) is 12.7 Å². The molecule has 18 heavy (non-hydrogen) atoms. The monoisotopic (exact) mass is 268 g/mol. The number of likely N-dealkylation sites (N-methyl/N-ethyl adjacent to an activating group) is 1. The third-order valence-electron chi connectivity index (χ3n) is 3.36. The number of hydrogen-bond acceptors (Lipinski definition) is 3. The summed E-state index contributed by atoms with van der Waals surface area (Å²) in [7, 11) is 2.14. The molecule has 0 saturated carbocycles. The Hall–Kier alpha value is -0.610. The fourth-order valence-corrected chi connectivity index (χ4v) is 2.29. The normalized spacial score (nSPS) is 22.9. The lowest BCUT2D eigenvalue weighted by Gasteiger charge is -2.31. The van der Waals surface area contributed by atoms with Crippen molar-refractivity contribution in [3.63, 3.8) is 0 Å². The van der Waals surface area contributed by atoms with Crippen LogP contribution in [-0.4, -0.2) is 44.3 Å². The van der Waals surface area contributed by atoms with Crippen molar-refractivity contribution >= 4 is 11.6 Å².